The van der Waals surface area contributed by atoms with Crippen LogP contribution < -0.4 is 15.4 Å². The van der Waals surface area contributed by atoms with E-state index in [9.17, 15) is 9.59 Å². The molecular weight excluding hydrogens is 366 g/mol. The zero-order valence-corrected chi connectivity index (χ0v) is 17.1. The molecule has 0 aromatic heterocycles. The van der Waals surface area contributed by atoms with E-state index in [2.05, 4.69) is 10.6 Å². The highest BCUT2D eigenvalue weighted by Gasteiger charge is 2.17. The van der Waals surface area contributed by atoms with Gasteiger partial charge in [-0.3, -0.25) is 9.59 Å². The molecule has 2 amide bonds. The molecule has 3 rings (SSSR count). The highest BCUT2D eigenvalue weighted by atomic mass is 16.5. The van der Waals surface area contributed by atoms with Crippen LogP contribution >= 0.6 is 0 Å². The Bertz CT molecular complexity index is 810. The average molecular weight is 396 g/mol. The van der Waals surface area contributed by atoms with E-state index in [0.29, 0.717) is 5.56 Å². The topological polar surface area (TPSA) is 70.7 Å². The van der Waals surface area contributed by atoms with Crippen LogP contribution in [-0.2, 0) is 4.79 Å². The van der Waals surface area contributed by atoms with Gasteiger partial charge in [0, 0.05) is 30.0 Å². The van der Waals surface area contributed by atoms with Gasteiger partial charge in [-0.15, -0.1) is 0 Å². The molecular formula is C23H29N3O3. The molecule has 1 heterocycles. The third-order valence-corrected chi connectivity index (χ3v) is 4.74. The maximum atomic E-state index is 12.5. The van der Waals surface area contributed by atoms with Crippen molar-refractivity contribution in [3.63, 3.8) is 0 Å². The summed E-state index contributed by atoms with van der Waals surface area (Å²) in [6.07, 6.45) is 3.47. The fraction of sp³-hybridized carbons (Fsp3) is 0.391. The molecule has 2 N–H and O–H groups in total. The molecule has 0 radical (unpaired) electrons. The van der Waals surface area contributed by atoms with Crippen molar-refractivity contribution < 1.29 is 14.3 Å². The molecule has 1 fully saturated rings. The normalized spacial score (nSPS) is 13.8. The van der Waals surface area contributed by atoms with Gasteiger partial charge in [-0.25, -0.2) is 0 Å². The summed E-state index contributed by atoms with van der Waals surface area (Å²) >= 11 is 0. The minimum Gasteiger partial charge on any atom is -0.491 e. The first-order valence-corrected chi connectivity index (χ1v) is 10.2. The van der Waals surface area contributed by atoms with Crippen molar-refractivity contribution in [2.75, 3.05) is 30.3 Å². The van der Waals surface area contributed by atoms with E-state index < -0.39 is 0 Å². The summed E-state index contributed by atoms with van der Waals surface area (Å²) < 4.78 is 5.59. The maximum absolute atomic E-state index is 12.5. The monoisotopic (exact) mass is 395 g/mol. The average Bonchev–Trinajstić information content (AvgIpc) is 2.74. The van der Waals surface area contributed by atoms with Gasteiger partial charge in [-0.1, -0.05) is 0 Å². The first-order valence-electron chi connectivity index (χ1n) is 10.2. The van der Waals surface area contributed by atoms with E-state index in [4.69, 9.17) is 4.74 Å². The number of nitrogens with one attached hydrogen (secondary N) is 2. The molecule has 0 unspecified atom stereocenters. The van der Waals surface area contributed by atoms with Gasteiger partial charge in [-0.05, 0) is 81.6 Å². The number of likely N-dealkylation sites (tertiary alicyclic amines) is 1. The van der Waals surface area contributed by atoms with E-state index in [1.165, 1.54) is 6.42 Å². The molecule has 2 aromatic rings. The van der Waals surface area contributed by atoms with Crippen LogP contribution in [0, 0.1) is 0 Å². The lowest BCUT2D eigenvalue weighted by atomic mass is 10.1. The molecule has 154 valence electrons. The number of anilines is 2. The first-order chi connectivity index (χ1) is 14.0. The zero-order valence-electron chi connectivity index (χ0n) is 17.1. The molecule has 29 heavy (non-hydrogen) atoms. The van der Waals surface area contributed by atoms with Gasteiger partial charge in [0.05, 0.1) is 12.6 Å². The number of nitrogens with zero attached hydrogens (tertiary/aromatic N) is 1. The van der Waals surface area contributed by atoms with Crippen molar-refractivity contribution in [2.45, 2.75) is 39.2 Å². The summed E-state index contributed by atoms with van der Waals surface area (Å²) in [4.78, 5) is 26.6. The van der Waals surface area contributed by atoms with E-state index in [0.717, 1.165) is 43.1 Å². The first kappa shape index (κ1) is 20.7. The molecule has 0 atom stereocenters. The van der Waals surface area contributed by atoms with Crippen LogP contribution in [0.5, 0.6) is 5.75 Å². The zero-order chi connectivity index (χ0) is 20.6. The van der Waals surface area contributed by atoms with Gasteiger partial charge in [0.25, 0.3) is 5.91 Å². The summed E-state index contributed by atoms with van der Waals surface area (Å²) in [5, 5.41) is 5.93. The van der Waals surface area contributed by atoms with Crippen LogP contribution in [0.1, 0.15) is 43.5 Å². The van der Waals surface area contributed by atoms with Gasteiger partial charge in [0.15, 0.2) is 0 Å². The predicted octanol–water partition coefficient (Wildman–Crippen LogP) is 4.15. The Morgan fingerprint density at radius 2 is 1.55 bits per heavy atom. The van der Waals surface area contributed by atoms with E-state index in [-0.39, 0.29) is 24.5 Å². The van der Waals surface area contributed by atoms with Crippen molar-refractivity contribution in [1.29, 1.82) is 0 Å². The number of ether oxygens (including phenoxy) is 1. The highest BCUT2D eigenvalue weighted by molar-refractivity contribution is 5.95. The molecule has 0 bridgehead atoms. The van der Waals surface area contributed by atoms with Crippen LogP contribution in [-0.4, -0.2) is 42.5 Å². The molecule has 2 aromatic carbocycles. The minimum absolute atomic E-state index is 0.0823. The standard InChI is InChI=1S/C23H29N3O3/c1-17(2)29-21-12-10-20(11-13-21)25-22(27)16-24-19-8-6-18(7-9-19)23(28)26-14-4-3-5-15-26/h6-13,17,24H,3-5,14-16H2,1-2H3,(H,25,27). The van der Waals surface area contributed by atoms with E-state index in [1.807, 2.05) is 67.3 Å². The quantitative estimate of drug-likeness (QED) is 0.739. The second-order valence-electron chi connectivity index (χ2n) is 7.52. The Balaban J connectivity index is 1.46. The fourth-order valence-corrected chi connectivity index (χ4v) is 3.29. The Labute approximate surface area is 172 Å². The van der Waals surface area contributed by atoms with Crippen molar-refractivity contribution in [1.82, 2.24) is 4.90 Å². The number of rotatable bonds is 7. The second-order valence-corrected chi connectivity index (χ2v) is 7.52. The highest BCUT2D eigenvalue weighted by Crippen LogP contribution is 2.18. The molecule has 0 saturated carbocycles. The number of carbonyl (C=O) groups is 2. The third-order valence-electron chi connectivity index (χ3n) is 4.74. The minimum atomic E-state index is -0.143. The lowest BCUT2D eigenvalue weighted by molar-refractivity contribution is -0.114. The molecule has 0 aliphatic carbocycles. The largest absolute Gasteiger partial charge is 0.491 e. The summed E-state index contributed by atoms with van der Waals surface area (Å²) in [7, 11) is 0. The molecule has 6 heteroatoms. The van der Waals surface area contributed by atoms with Crippen LogP contribution in [0.2, 0.25) is 0 Å². The van der Waals surface area contributed by atoms with Crippen molar-refractivity contribution in [3.8, 4) is 5.75 Å². The van der Waals surface area contributed by atoms with Crippen LogP contribution in [0.4, 0.5) is 11.4 Å². The Hall–Kier alpha value is -3.02. The molecule has 6 nitrogen and oxygen atoms in total. The number of carbonyl (C=O) groups excluding carboxylic acids is 2. The van der Waals surface area contributed by atoms with Crippen LogP contribution in [0.25, 0.3) is 0 Å². The smallest absolute Gasteiger partial charge is 0.253 e. The summed E-state index contributed by atoms with van der Waals surface area (Å²) in [6.45, 7) is 5.76. The van der Waals surface area contributed by atoms with Gasteiger partial charge in [0.1, 0.15) is 5.75 Å². The predicted molar refractivity (Wildman–Crippen MR) is 116 cm³/mol. The Morgan fingerprint density at radius 1 is 0.931 bits per heavy atom. The Morgan fingerprint density at radius 3 is 2.17 bits per heavy atom. The lowest BCUT2D eigenvalue weighted by Crippen LogP contribution is -2.35. The van der Waals surface area contributed by atoms with Crippen LogP contribution in [0.3, 0.4) is 0 Å². The molecule has 0 spiro atoms. The van der Waals surface area contributed by atoms with Gasteiger partial charge < -0.3 is 20.3 Å². The number of amides is 2. The SMILES string of the molecule is CC(C)Oc1ccc(NC(=O)CNc2ccc(C(=O)N3CCCCC3)cc2)cc1. The van der Waals surface area contributed by atoms with Crippen molar-refractivity contribution >= 4 is 23.2 Å². The van der Waals surface area contributed by atoms with E-state index >= 15 is 0 Å². The molecule has 1 saturated heterocycles. The van der Waals surface area contributed by atoms with Crippen LogP contribution in [0.15, 0.2) is 48.5 Å². The number of benzene rings is 2. The number of hydrogen-bond donors (Lipinski definition) is 2. The number of piperidine rings is 1. The van der Waals surface area contributed by atoms with Gasteiger partial charge in [-0.2, -0.15) is 0 Å². The third kappa shape index (κ3) is 6.24. The lowest BCUT2D eigenvalue weighted by Gasteiger charge is -2.26. The maximum Gasteiger partial charge on any atom is 0.253 e. The summed E-state index contributed by atoms with van der Waals surface area (Å²) in [5.41, 5.74) is 2.21. The molecule has 1 aliphatic heterocycles. The van der Waals surface area contributed by atoms with Crippen molar-refractivity contribution in [2.24, 2.45) is 0 Å². The number of hydrogen-bond acceptors (Lipinski definition) is 4. The fourth-order valence-electron chi connectivity index (χ4n) is 3.29. The summed E-state index contributed by atoms with van der Waals surface area (Å²) in [5.74, 6) is 0.713. The molecule has 1 aliphatic rings. The van der Waals surface area contributed by atoms with Crippen molar-refractivity contribution in [3.05, 3.63) is 54.1 Å². The Kier molecular flexibility index (Phi) is 7.11. The van der Waals surface area contributed by atoms with Gasteiger partial charge in [0.2, 0.25) is 5.91 Å². The summed E-state index contributed by atoms with van der Waals surface area (Å²) in [6, 6.07) is 14.6. The van der Waals surface area contributed by atoms with E-state index in [1.54, 1.807) is 0 Å². The van der Waals surface area contributed by atoms with Gasteiger partial charge >= 0.3 is 0 Å². The second kappa shape index (κ2) is 9.96.